The van der Waals surface area contributed by atoms with Crippen LogP contribution in [0, 0.1) is 0 Å². The summed E-state index contributed by atoms with van der Waals surface area (Å²) in [7, 11) is -1.26. The van der Waals surface area contributed by atoms with Gasteiger partial charge in [-0.05, 0) is 48.5 Å². The molecule has 0 heterocycles. The van der Waals surface area contributed by atoms with Crippen molar-refractivity contribution in [3.63, 3.8) is 0 Å². The third-order valence-corrected chi connectivity index (χ3v) is 7.18. The van der Waals surface area contributed by atoms with E-state index >= 15 is 0 Å². The zero-order valence-corrected chi connectivity index (χ0v) is 21.1. The summed E-state index contributed by atoms with van der Waals surface area (Å²) < 4.78 is 45.1. The highest BCUT2D eigenvalue weighted by Gasteiger charge is 2.30. The Balaban J connectivity index is 1.68. The summed E-state index contributed by atoms with van der Waals surface area (Å²) in [6, 6.07) is 28.7. The highest BCUT2D eigenvalue weighted by atomic mass is 32.2. The summed E-state index contributed by atoms with van der Waals surface area (Å²) in [5, 5.41) is 2.78. The lowest BCUT2D eigenvalue weighted by Gasteiger charge is -2.26. The zero-order chi connectivity index (χ0) is 26.3. The molecule has 8 nitrogen and oxygen atoms in total. The lowest BCUT2D eigenvalue weighted by molar-refractivity contribution is -0.114. The standard InChI is InChI=1S/C28H26N2O6S/c1-34-22-17-18-27(35-2)25(19-22)30(37(32,33)23-13-7-4-8-14-23)20-28(31)29-24-15-9-10-16-26(24)36-21-11-5-3-6-12-21/h3-19H,20H2,1-2H3,(H,29,31). The number of sulfonamides is 1. The fraction of sp³-hybridized carbons (Fsp3) is 0.107. The normalized spacial score (nSPS) is 10.9. The van der Waals surface area contributed by atoms with Crippen LogP contribution in [0.25, 0.3) is 0 Å². The summed E-state index contributed by atoms with van der Waals surface area (Å²) >= 11 is 0. The summed E-state index contributed by atoms with van der Waals surface area (Å²) in [6.07, 6.45) is 0. The fourth-order valence-electron chi connectivity index (χ4n) is 3.61. The molecule has 1 N–H and O–H groups in total. The van der Waals surface area contributed by atoms with Gasteiger partial charge in [-0.25, -0.2) is 8.42 Å². The number of methoxy groups -OCH3 is 2. The molecule has 0 aliphatic heterocycles. The molecule has 4 aromatic rings. The van der Waals surface area contributed by atoms with Gasteiger partial charge in [0.25, 0.3) is 10.0 Å². The number of nitrogens with zero attached hydrogens (tertiary/aromatic N) is 1. The van der Waals surface area contributed by atoms with Crippen LogP contribution < -0.4 is 23.8 Å². The van der Waals surface area contributed by atoms with Crippen LogP contribution in [-0.4, -0.2) is 35.1 Å². The average molecular weight is 519 g/mol. The number of carbonyl (C=O) groups excluding carboxylic acids is 1. The summed E-state index contributed by atoms with van der Waals surface area (Å²) in [4.78, 5) is 13.3. The maximum Gasteiger partial charge on any atom is 0.264 e. The number of amides is 1. The van der Waals surface area contributed by atoms with Crippen molar-refractivity contribution in [2.75, 3.05) is 30.4 Å². The van der Waals surface area contributed by atoms with Crippen molar-refractivity contribution in [2.45, 2.75) is 4.90 Å². The molecule has 0 atom stereocenters. The number of anilines is 2. The van der Waals surface area contributed by atoms with Gasteiger partial charge in [-0.2, -0.15) is 0 Å². The molecule has 0 saturated heterocycles. The van der Waals surface area contributed by atoms with E-state index in [1.165, 1.54) is 32.4 Å². The van der Waals surface area contributed by atoms with Gasteiger partial charge >= 0.3 is 0 Å². The van der Waals surface area contributed by atoms with Crippen LogP contribution >= 0.6 is 0 Å². The Bertz CT molecular complexity index is 1460. The van der Waals surface area contributed by atoms with Crippen LogP contribution in [0.5, 0.6) is 23.0 Å². The molecule has 0 aromatic heterocycles. The Labute approximate surface area is 216 Å². The SMILES string of the molecule is COc1ccc(OC)c(N(CC(=O)Nc2ccccc2Oc2ccccc2)S(=O)(=O)c2ccccc2)c1. The number of rotatable bonds is 10. The Hall–Kier alpha value is -4.50. The maximum atomic E-state index is 13.7. The van der Waals surface area contributed by atoms with E-state index in [4.69, 9.17) is 14.2 Å². The van der Waals surface area contributed by atoms with E-state index < -0.39 is 22.5 Å². The molecule has 190 valence electrons. The predicted octanol–water partition coefficient (Wildman–Crippen LogP) is 5.33. The number of para-hydroxylation sites is 3. The van der Waals surface area contributed by atoms with Crippen molar-refractivity contribution in [2.24, 2.45) is 0 Å². The smallest absolute Gasteiger partial charge is 0.264 e. The van der Waals surface area contributed by atoms with Gasteiger partial charge in [-0.15, -0.1) is 0 Å². The van der Waals surface area contributed by atoms with E-state index in [2.05, 4.69) is 5.32 Å². The molecule has 0 aliphatic carbocycles. The quantitative estimate of drug-likeness (QED) is 0.305. The van der Waals surface area contributed by atoms with Crippen molar-refractivity contribution in [1.82, 2.24) is 0 Å². The van der Waals surface area contributed by atoms with Gasteiger partial charge in [0.05, 0.1) is 30.5 Å². The number of hydrogen-bond donors (Lipinski definition) is 1. The van der Waals surface area contributed by atoms with Crippen LogP contribution in [0.4, 0.5) is 11.4 Å². The molecule has 0 fully saturated rings. The summed E-state index contributed by atoms with van der Waals surface area (Å²) in [5.74, 6) is 1.11. The molecule has 9 heteroatoms. The van der Waals surface area contributed by atoms with E-state index in [0.29, 0.717) is 22.9 Å². The Morgan fingerprint density at radius 1 is 0.757 bits per heavy atom. The average Bonchev–Trinajstić information content (AvgIpc) is 2.93. The molecule has 4 rings (SSSR count). The van der Waals surface area contributed by atoms with E-state index in [1.807, 2.05) is 18.2 Å². The first-order chi connectivity index (χ1) is 17.9. The molecule has 0 bridgehead atoms. The molecule has 0 spiro atoms. The van der Waals surface area contributed by atoms with Crippen LogP contribution in [0.2, 0.25) is 0 Å². The highest BCUT2D eigenvalue weighted by molar-refractivity contribution is 7.92. The fourth-order valence-corrected chi connectivity index (χ4v) is 5.05. The van der Waals surface area contributed by atoms with Gasteiger partial charge in [0.15, 0.2) is 5.75 Å². The van der Waals surface area contributed by atoms with Crippen molar-refractivity contribution in [1.29, 1.82) is 0 Å². The molecule has 37 heavy (non-hydrogen) atoms. The molecule has 0 radical (unpaired) electrons. The number of ether oxygens (including phenoxy) is 3. The molecule has 4 aromatic carbocycles. The first kappa shape index (κ1) is 25.6. The summed E-state index contributed by atoms with van der Waals surface area (Å²) in [5.41, 5.74) is 0.556. The van der Waals surface area contributed by atoms with Gasteiger partial charge in [0, 0.05) is 6.07 Å². The van der Waals surface area contributed by atoms with E-state index in [1.54, 1.807) is 66.7 Å². The molecule has 0 aliphatic rings. The predicted molar refractivity (Wildman–Crippen MR) is 142 cm³/mol. The lowest BCUT2D eigenvalue weighted by Crippen LogP contribution is -2.38. The third kappa shape index (κ3) is 6.02. The molecular weight excluding hydrogens is 492 g/mol. The monoisotopic (exact) mass is 518 g/mol. The molecule has 1 amide bonds. The maximum absolute atomic E-state index is 13.7. The van der Waals surface area contributed by atoms with Crippen LogP contribution in [0.3, 0.4) is 0 Å². The number of nitrogens with one attached hydrogen (secondary N) is 1. The lowest BCUT2D eigenvalue weighted by atomic mass is 10.2. The van der Waals surface area contributed by atoms with E-state index in [9.17, 15) is 13.2 Å². The number of carbonyl (C=O) groups is 1. The second kappa shape index (κ2) is 11.5. The van der Waals surface area contributed by atoms with Crippen molar-refractivity contribution >= 4 is 27.3 Å². The topological polar surface area (TPSA) is 94.2 Å². The van der Waals surface area contributed by atoms with Gasteiger partial charge in [-0.3, -0.25) is 9.10 Å². The number of hydrogen-bond acceptors (Lipinski definition) is 6. The number of benzene rings is 4. The van der Waals surface area contributed by atoms with Crippen LogP contribution in [-0.2, 0) is 14.8 Å². The van der Waals surface area contributed by atoms with Crippen LogP contribution in [0.1, 0.15) is 0 Å². The Morgan fingerprint density at radius 2 is 1.41 bits per heavy atom. The van der Waals surface area contributed by atoms with Gasteiger partial charge in [0.1, 0.15) is 23.8 Å². The van der Waals surface area contributed by atoms with Crippen molar-refractivity contribution in [3.05, 3.63) is 103 Å². The minimum absolute atomic E-state index is 0.0282. The zero-order valence-electron chi connectivity index (χ0n) is 20.3. The second-order valence-corrected chi connectivity index (χ2v) is 9.68. The largest absolute Gasteiger partial charge is 0.497 e. The Morgan fingerprint density at radius 3 is 2.08 bits per heavy atom. The van der Waals surface area contributed by atoms with Gasteiger partial charge in [0.2, 0.25) is 5.91 Å². The third-order valence-electron chi connectivity index (χ3n) is 5.41. The second-order valence-electron chi connectivity index (χ2n) is 7.82. The Kier molecular flexibility index (Phi) is 7.95. The van der Waals surface area contributed by atoms with Crippen molar-refractivity contribution < 1.29 is 27.4 Å². The molecule has 0 unspecified atom stereocenters. The van der Waals surface area contributed by atoms with Gasteiger partial charge < -0.3 is 19.5 Å². The minimum atomic E-state index is -4.15. The molecule has 0 saturated carbocycles. The summed E-state index contributed by atoms with van der Waals surface area (Å²) in [6.45, 7) is -0.527. The minimum Gasteiger partial charge on any atom is -0.497 e. The molecular formula is C28H26N2O6S. The van der Waals surface area contributed by atoms with Crippen molar-refractivity contribution in [3.8, 4) is 23.0 Å². The highest BCUT2D eigenvalue weighted by Crippen LogP contribution is 2.36. The van der Waals surface area contributed by atoms with E-state index in [-0.39, 0.29) is 16.3 Å². The van der Waals surface area contributed by atoms with Crippen LogP contribution in [0.15, 0.2) is 108 Å². The first-order valence-corrected chi connectivity index (χ1v) is 12.8. The van der Waals surface area contributed by atoms with Gasteiger partial charge in [-0.1, -0.05) is 48.5 Å². The first-order valence-electron chi connectivity index (χ1n) is 11.3. The van der Waals surface area contributed by atoms with E-state index in [0.717, 1.165) is 4.31 Å².